The van der Waals surface area contributed by atoms with Crippen LogP contribution in [0.15, 0.2) is 22.9 Å². The fourth-order valence-corrected chi connectivity index (χ4v) is 1.13. The van der Waals surface area contributed by atoms with E-state index in [2.05, 4.69) is 0 Å². The average molecular weight is 231 g/mol. The lowest BCUT2D eigenvalue weighted by Crippen LogP contribution is -2.68. The summed E-state index contributed by atoms with van der Waals surface area (Å²) in [4.78, 5) is 0. The summed E-state index contributed by atoms with van der Waals surface area (Å²) < 4.78 is 34.0. The first-order chi connectivity index (χ1) is 5.39. The molecular formula is C5H4Cl2O4S. The zero-order valence-corrected chi connectivity index (χ0v) is 7.93. The zero-order chi connectivity index (χ0) is 9.61. The van der Waals surface area contributed by atoms with Gasteiger partial charge in [-0.2, -0.15) is 0 Å². The van der Waals surface area contributed by atoms with Gasteiger partial charge in [0.15, 0.2) is 10.8 Å². The number of hydrogen-bond acceptors (Lipinski definition) is 4. The third kappa shape index (κ3) is 12.6. The second-order valence-corrected chi connectivity index (χ2v) is 3.51. The highest BCUT2D eigenvalue weighted by atomic mass is 35.7. The molecule has 1 aromatic heterocycles. The van der Waals surface area contributed by atoms with Gasteiger partial charge in [-0.05, 0) is 0 Å². The van der Waals surface area contributed by atoms with Crippen LogP contribution in [-0.4, -0.2) is 0 Å². The quantitative estimate of drug-likeness (QED) is 0.479. The topological polar surface area (TPSA) is 92.2 Å². The minimum atomic E-state index is -4.94. The van der Waals surface area contributed by atoms with E-state index in [4.69, 9.17) is 30.2 Å². The second kappa shape index (κ2) is 5.60. The second-order valence-electron chi connectivity index (χ2n) is 1.50. The van der Waals surface area contributed by atoms with Crippen LogP contribution in [0.1, 0.15) is 0 Å². The molecule has 0 spiro atoms. The summed E-state index contributed by atoms with van der Waals surface area (Å²) >= 11 is 7.18. The summed E-state index contributed by atoms with van der Waals surface area (Å²) in [5.41, 5.74) is 0. The van der Waals surface area contributed by atoms with E-state index in [1.54, 1.807) is 11.3 Å². The van der Waals surface area contributed by atoms with E-state index in [1.165, 1.54) is 0 Å². The van der Waals surface area contributed by atoms with Crippen molar-refractivity contribution in [2.24, 2.45) is 0 Å². The summed E-state index contributed by atoms with van der Waals surface area (Å²) in [6.45, 7) is 0. The first kappa shape index (κ1) is 12.0. The van der Waals surface area contributed by atoms with Crippen LogP contribution in [0.25, 0.3) is 0 Å². The fourth-order valence-electron chi connectivity index (χ4n) is 0.309. The van der Waals surface area contributed by atoms with Crippen molar-refractivity contribution in [2.75, 3.05) is 0 Å². The molecule has 1 rings (SSSR count). The molecule has 0 N–H and O–H groups in total. The first-order valence-corrected chi connectivity index (χ1v) is 5.08. The van der Waals surface area contributed by atoms with Crippen molar-refractivity contribution in [3.05, 3.63) is 27.9 Å². The average Bonchev–Trinajstić information content (AvgIpc) is 1.85. The van der Waals surface area contributed by atoms with Gasteiger partial charge < -0.3 is 0 Å². The molecule has 4 nitrogen and oxygen atoms in total. The molecule has 1 heterocycles. The van der Waals surface area contributed by atoms with E-state index in [0.717, 1.165) is 5.02 Å². The van der Waals surface area contributed by atoms with Crippen molar-refractivity contribution in [1.29, 1.82) is 0 Å². The summed E-state index contributed by atoms with van der Waals surface area (Å²) in [7, 11) is -4.94. The highest BCUT2D eigenvalue weighted by Gasteiger charge is 1.85. The van der Waals surface area contributed by atoms with Crippen molar-refractivity contribution < 1.29 is 28.9 Å². The minimum absolute atomic E-state index is 0.804. The Kier molecular flexibility index (Phi) is 5.60. The lowest BCUT2D eigenvalue weighted by Gasteiger charge is -2.17. The molecule has 0 aliphatic carbocycles. The van der Waals surface area contributed by atoms with E-state index in [9.17, 15) is 0 Å². The van der Waals surface area contributed by atoms with Gasteiger partial charge in [-0.15, -0.1) is 10.2 Å². The van der Waals surface area contributed by atoms with Crippen molar-refractivity contribution in [3.8, 4) is 0 Å². The van der Waals surface area contributed by atoms with Gasteiger partial charge in [0.25, 0.3) is 0 Å². The van der Waals surface area contributed by atoms with Gasteiger partial charge in [-0.3, -0.25) is 0 Å². The van der Waals surface area contributed by atoms with E-state index in [0.29, 0.717) is 0 Å². The number of halogens is 2. The third-order valence-electron chi connectivity index (χ3n) is 0.612. The summed E-state index contributed by atoms with van der Waals surface area (Å²) in [6.07, 6.45) is 0. The molecule has 68 valence electrons. The van der Waals surface area contributed by atoms with Crippen molar-refractivity contribution in [1.82, 2.24) is 0 Å². The van der Waals surface area contributed by atoms with Crippen LogP contribution in [0.2, 0.25) is 5.02 Å². The summed E-state index contributed by atoms with van der Waals surface area (Å²) in [5.74, 6) is 0. The number of rotatable bonds is 0. The fraction of sp³-hybridized carbons (Fsp3) is 0. The molecule has 0 bridgehead atoms. The van der Waals surface area contributed by atoms with Crippen molar-refractivity contribution in [3.63, 3.8) is 0 Å². The van der Waals surface area contributed by atoms with Gasteiger partial charge in [0.2, 0.25) is 11.3 Å². The van der Waals surface area contributed by atoms with Crippen LogP contribution in [0.5, 0.6) is 0 Å². The van der Waals surface area contributed by atoms with Gasteiger partial charge in [0, 0.05) is 12.1 Å². The molecule has 0 amide bonds. The van der Waals surface area contributed by atoms with E-state index in [-0.39, 0.29) is 0 Å². The Labute approximate surface area is 80.0 Å². The molecular weight excluding hydrogens is 227 g/mol. The SMILES string of the molecule is Clc1cc[s+]cc1.[O-][Cl+3]([O-])([O-])[O-]. The van der Waals surface area contributed by atoms with Crippen molar-refractivity contribution >= 4 is 22.9 Å². The largest absolute Gasteiger partial charge is 0.222 e. The van der Waals surface area contributed by atoms with Crippen molar-refractivity contribution in [2.45, 2.75) is 0 Å². The smallest absolute Gasteiger partial charge is 0.211 e. The van der Waals surface area contributed by atoms with Gasteiger partial charge in [0.05, 0.1) is 5.02 Å². The lowest BCUT2D eigenvalue weighted by molar-refractivity contribution is -2.00. The maximum absolute atomic E-state index is 8.49. The van der Waals surface area contributed by atoms with Crippen LogP contribution < -0.4 is 18.6 Å². The van der Waals surface area contributed by atoms with Gasteiger partial charge >= 0.3 is 0 Å². The van der Waals surface area contributed by atoms with Crippen LogP contribution in [0.3, 0.4) is 0 Å². The summed E-state index contributed by atoms with van der Waals surface area (Å²) in [6, 6.07) is 3.73. The Morgan fingerprint density at radius 3 is 1.58 bits per heavy atom. The van der Waals surface area contributed by atoms with E-state index < -0.39 is 10.2 Å². The minimum Gasteiger partial charge on any atom is -0.222 e. The third-order valence-corrected chi connectivity index (χ3v) is 1.45. The lowest BCUT2D eigenvalue weighted by atomic mass is 10.6. The first-order valence-electron chi connectivity index (χ1n) is 2.52. The predicted molar refractivity (Wildman–Crippen MR) is 33.7 cm³/mol. The standard InChI is InChI=1S/C5H4ClS.ClHO4/c6-5-1-3-7-4-2-5;2-1(3,4)5/h1-4H;(H,2,3,4,5)/q+1;/p-1. The maximum Gasteiger partial charge on any atom is 0.211 e. The Morgan fingerprint density at radius 2 is 1.42 bits per heavy atom. The molecule has 0 saturated carbocycles. The van der Waals surface area contributed by atoms with Crippen LogP contribution in [-0.2, 0) is 0 Å². The van der Waals surface area contributed by atoms with E-state index in [1.807, 2.05) is 22.9 Å². The molecule has 0 unspecified atom stereocenters. The Morgan fingerprint density at radius 1 is 1.08 bits per heavy atom. The number of hydrogen-bond donors (Lipinski definition) is 0. The van der Waals surface area contributed by atoms with Gasteiger partial charge in [-0.1, -0.05) is 11.6 Å². The van der Waals surface area contributed by atoms with E-state index >= 15 is 0 Å². The van der Waals surface area contributed by atoms with Crippen LogP contribution >= 0.6 is 22.9 Å². The normalized spacial score (nSPS) is 10.1. The molecule has 0 saturated heterocycles. The molecule has 0 aliphatic heterocycles. The van der Waals surface area contributed by atoms with Crippen LogP contribution in [0, 0.1) is 10.2 Å². The molecule has 0 fully saturated rings. The van der Waals surface area contributed by atoms with Gasteiger partial charge in [-0.25, -0.2) is 18.6 Å². The Balaban J connectivity index is 0.000000217. The zero-order valence-electron chi connectivity index (χ0n) is 5.61. The maximum atomic E-state index is 8.49. The highest BCUT2D eigenvalue weighted by molar-refractivity contribution is 7.07. The van der Waals surface area contributed by atoms with Gasteiger partial charge in [0.1, 0.15) is 0 Å². The monoisotopic (exact) mass is 230 g/mol. The molecule has 0 atom stereocenters. The molecule has 0 radical (unpaired) electrons. The summed E-state index contributed by atoms with van der Waals surface area (Å²) in [5, 5.41) is 4.70. The molecule has 1 aromatic rings. The van der Waals surface area contributed by atoms with Crippen LogP contribution in [0.4, 0.5) is 0 Å². The highest BCUT2D eigenvalue weighted by Crippen LogP contribution is 2.07. The molecule has 0 aromatic carbocycles. The molecule has 12 heavy (non-hydrogen) atoms. The molecule has 7 heteroatoms. The Hall–Kier alpha value is -0.0100. The molecule has 0 aliphatic rings. The predicted octanol–water partition coefficient (Wildman–Crippen LogP) is -2.07. The Bertz CT molecular complexity index is 206.